The van der Waals surface area contributed by atoms with Crippen molar-refractivity contribution < 1.29 is 0 Å². The molecule has 1 unspecified atom stereocenters. The molecule has 0 aromatic carbocycles. The van der Waals surface area contributed by atoms with Gasteiger partial charge < -0.3 is 4.90 Å². The van der Waals surface area contributed by atoms with Crippen molar-refractivity contribution in [1.82, 2.24) is 14.7 Å². The molecule has 2 saturated heterocycles. The fourth-order valence-corrected chi connectivity index (χ4v) is 3.78. The number of rotatable bonds is 3. The number of hydrogen-bond acceptors (Lipinski definition) is 3. The van der Waals surface area contributed by atoms with E-state index in [2.05, 4.69) is 49.4 Å². The number of piperidine rings is 1. The van der Waals surface area contributed by atoms with Gasteiger partial charge in [-0.25, -0.2) is 0 Å². The molecule has 2 aliphatic rings. The van der Waals surface area contributed by atoms with E-state index < -0.39 is 0 Å². The lowest BCUT2D eigenvalue weighted by atomic mass is 9.95. The lowest BCUT2D eigenvalue weighted by Gasteiger charge is -2.47. The van der Waals surface area contributed by atoms with Crippen LogP contribution in [0.2, 0.25) is 0 Å². The molecule has 19 heavy (non-hydrogen) atoms. The molecule has 0 aromatic heterocycles. The molecular weight excluding hydrogens is 234 g/mol. The Bertz CT molecular complexity index is 271. The number of nitrogens with zero attached hydrogens (tertiary/aromatic N) is 3. The monoisotopic (exact) mass is 267 g/mol. The van der Waals surface area contributed by atoms with Gasteiger partial charge in [-0.1, -0.05) is 0 Å². The van der Waals surface area contributed by atoms with Crippen LogP contribution < -0.4 is 0 Å². The zero-order valence-electron chi connectivity index (χ0n) is 13.6. The standard InChI is InChI=1S/C16H33N3/c1-13(2)19-11-14(3)18(10-15(19)4)12-16-6-8-17(5)9-7-16/h13-16H,6-12H2,1-5H3/t14?,15-/m1/s1. The summed E-state index contributed by atoms with van der Waals surface area (Å²) in [6.07, 6.45) is 2.78. The minimum Gasteiger partial charge on any atom is -0.306 e. The van der Waals surface area contributed by atoms with Gasteiger partial charge in [-0.05, 0) is 66.6 Å². The molecule has 2 heterocycles. The minimum absolute atomic E-state index is 0.683. The second-order valence-electron chi connectivity index (χ2n) is 7.19. The van der Waals surface area contributed by atoms with Crippen LogP contribution in [0.3, 0.4) is 0 Å². The van der Waals surface area contributed by atoms with Crippen molar-refractivity contribution in [3.05, 3.63) is 0 Å². The van der Waals surface area contributed by atoms with Crippen molar-refractivity contribution >= 4 is 0 Å². The SMILES string of the molecule is CC1CN(C(C)C)[C@H](C)CN1CC1CCN(C)CC1. The molecule has 0 bridgehead atoms. The van der Waals surface area contributed by atoms with Crippen LogP contribution in [0.25, 0.3) is 0 Å². The fourth-order valence-electron chi connectivity index (χ4n) is 3.78. The van der Waals surface area contributed by atoms with E-state index in [1.54, 1.807) is 0 Å². The van der Waals surface area contributed by atoms with E-state index in [1.807, 2.05) is 0 Å². The van der Waals surface area contributed by atoms with Crippen LogP contribution in [0, 0.1) is 5.92 Å². The maximum Gasteiger partial charge on any atom is 0.0198 e. The van der Waals surface area contributed by atoms with Crippen molar-refractivity contribution in [3.63, 3.8) is 0 Å². The molecule has 2 rings (SSSR count). The summed E-state index contributed by atoms with van der Waals surface area (Å²) in [6.45, 7) is 15.9. The molecule has 0 radical (unpaired) electrons. The Morgan fingerprint density at radius 3 is 2.21 bits per heavy atom. The highest BCUT2D eigenvalue weighted by Crippen LogP contribution is 2.23. The zero-order valence-corrected chi connectivity index (χ0v) is 13.6. The Hall–Kier alpha value is -0.120. The second kappa shape index (κ2) is 6.55. The Kier molecular flexibility index (Phi) is 5.27. The van der Waals surface area contributed by atoms with E-state index in [9.17, 15) is 0 Å². The van der Waals surface area contributed by atoms with Gasteiger partial charge in [0.05, 0.1) is 0 Å². The highest BCUT2D eigenvalue weighted by atomic mass is 15.3. The third-order valence-electron chi connectivity index (χ3n) is 5.16. The summed E-state index contributed by atoms with van der Waals surface area (Å²) in [5, 5.41) is 0. The Morgan fingerprint density at radius 1 is 1.00 bits per heavy atom. The highest BCUT2D eigenvalue weighted by Gasteiger charge is 2.31. The average Bonchev–Trinajstić information content (AvgIpc) is 2.35. The summed E-state index contributed by atoms with van der Waals surface area (Å²) in [5.41, 5.74) is 0. The predicted molar refractivity (Wildman–Crippen MR) is 82.6 cm³/mol. The normalized spacial score (nSPS) is 33.2. The molecule has 2 atom stereocenters. The van der Waals surface area contributed by atoms with Crippen LogP contribution in [0.15, 0.2) is 0 Å². The smallest absolute Gasteiger partial charge is 0.0198 e. The van der Waals surface area contributed by atoms with Gasteiger partial charge in [-0.15, -0.1) is 0 Å². The van der Waals surface area contributed by atoms with Gasteiger partial charge in [0.2, 0.25) is 0 Å². The van der Waals surface area contributed by atoms with Crippen LogP contribution in [-0.4, -0.2) is 72.6 Å². The Labute approximate surface area is 119 Å². The minimum atomic E-state index is 0.683. The van der Waals surface area contributed by atoms with E-state index in [-0.39, 0.29) is 0 Å². The molecule has 0 amide bonds. The lowest BCUT2D eigenvalue weighted by molar-refractivity contribution is 0.0103. The maximum atomic E-state index is 2.75. The first-order chi connectivity index (χ1) is 8.97. The quantitative estimate of drug-likeness (QED) is 0.775. The van der Waals surface area contributed by atoms with Gasteiger partial charge in [0.15, 0.2) is 0 Å². The fraction of sp³-hybridized carbons (Fsp3) is 1.00. The molecule has 0 aliphatic carbocycles. The highest BCUT2D eigenvalue weighted by molar-refractivity contribution is 4.87. The van der Waals surface area contributed by atoms with E-state index in [4.69, 9.17) is 0 Å². The first-order valence-electron chi connectivity index (χ1n) is 8.15. The van der Waals surface area contributed by atoms with Gasteiger partial charge in [0, 0.05) is 37.8 Å². The number of hydrogen-bond donors (Lipinski definition) is 0. The van der Waals surface area contributed by atoms with E-state index >= 15 is 0 Å². The van der Waals surface area contributed by atoms with Crippen molar-refractivity contribution in [2.45, 2.75) is 58.7 Å². The maximum absolute atomic E-state index is 2.75. The van der Waals surface area contributed by atoms with Gasteiger partial charge in [0.25, 0.3) is 0 Å². The third-order valence-corrected chi connectivity index (χ3v) is 5.16. The predicted octanol–water partition coefficient (Wildman–Crippen LogP) is 2.13. The van der Waals surface area contributed by atoms with Crippen LogP contribution in [0.4, 0.5) is 0 Å². The summed E-state index contributed by atoms with van der Waals surface area (Å²) < 4.78 is 0. The van der Waals surface area contributed by atoms with E-state index in [1.165, 1.54) is 45.6 Å². The van der Waals surface area contributed by atoms with Crippen molar-refractivity contribution in [2.75, 3.05) is 39.8 Å². The van der Waals surface area contributed by atoms with Crippen LogP contribution in [0.5, 0.6) is 0 Å². The van der Waals surface area contributed by atoms with E-state index in [0.29, 0.717) is 12.1 Å². The first kappa shape index (κ1) is 15.3. The molecule has 0 N–H and O–H groups in total. The molecule has 2 aliphatic heterocycles. The first-order valence-corrected chi connectivity index (χ1v) is 8.15. The molecule has 3 nitrogen and oxygen atoms in total. The van der Waals surface area contributed by atoms with Crippen LogP contribution >= 0.6 is 0 Å². The van der Waals surface area contributed by atoms with Gasteiger partial charge >= 0.3 is 0 Å². The molecule has 3 heteroatoms. The van der Waals surface area contributed by atoms with E-state index in [0.717, 1.165) is 12.0 Å². The van der Waals surface area contributed by atoms with Crippen molar-refractivity contribution in [3.8, 4) is 0 Å². The summed E-state index contributed by atoms with van der Waals surface area (Å²) >= 11 is 0. The molecule has 112 valence electrons. The average molecular weight is 267 g/mol. The number of piperazine rings is 1. The Morgan fingerprint density at radius 2 is 1.63 bits per heavy atom. The molecule has 2 fully saturated rings. The summed E-state index contributed by atoms with van der Waals surface area (Å²) in [4.78, 5) is 7.88. The molecular formula is C16H33N3. The van der Waals surface area contributed by atoms with Crippen LogP contribution in [-0.2, 0) is 0 Å². The lowest BCUT2D eigenvalue weighted by Crippen LogP contribution is -2.59. The zero-order chi connectivity index (χ0) is 14.0. The largest absolute Gasteiger partial charge is 0.306 e. The Balaban J connectivity index is 1.84. The number of likely N-dealkylation sites (tertiary alicyclic amines) is 1. The summed E-state index contributed by atoms with van der Waals surface area (Å²) in [5.74, 6) is 0.927. The van der Waals surface area contributed by atoms with Crippen molar-refractivity contribution in [2.24, 2.45) is 5.92 Å². The third kappa shape index (κ3) is 3.93. The van der Waals surface area contributed by atoms with Gasteiger partial charge in [-0.2, -0.15) is 0 Å². The summed E-state index contributed by atoms with van der Waals surface area (Å²) in [7, 11) is 2.25. The molecule has 0 aromatic rings. The van der Waals surface area contributed by atoms with Gasteiger partial charge in [0.1, 0.15) is 0 Å². The van der Waals surface area contributed by atoms with Crippen molar-refractivity contribution in [1.29, 1.82) is 0 Å². The molecule has 0 spiro atoms. The summed E-state index contributed by atoms with van der Waals surface area (Å²) in [6, 6.07) is 2.11. The topological polar surface area (TPSA) is 9.72 Å². The second-order valence-corrected chi connectivity index (χ2v) is 7.19. The molecule has 0 saturated carbocycles. The van der Waals surface area contributed by atoms with Gasteiger partial charge in [-0.3, -0.25) is 9.80 Å². The van der Waals surface area contributed by atoms with Crippen LogP contribution in [0.1, 0.15) is 40.5 Å².